The van der Waals surface area contributed by atoms with Gasteiger partial charge < -0.3 is 19.9 Å². The van der Waals surface area contributed by atoms with Crippen molar-refractivity contribution >= 4 is 28.3 Å². The van der Waals surface area contributed by atoms with Gasteiger partial charge >= 0.3 is 0 Å². The number of methoxy groups -OCH3 is 1. The van der Waals surface area contributed by atoms with Crippen LogP contribution in [0.2, 0.25) is 0 Å². The van der Waals surface area contributed by atoms with Gasteiger partial charge in [0.05, 0.1) is 12.7 Å². The minimum atomic E-state index is -2.66. The average molecular weight is 512 g/mol. The molecule has 3 aliphatic rings. The van der Waals surface area contributed by atoms with Gasteiger partial charge in [-0.3, -0.25) is 15.2 Å². The van der Waals surface area contributed by atoms with Gasteiger partial charge in [0, 0.05) is 48.9 Å². The normalized spacial score (nSPS) is 20.9. The molecule has 0 radical (unpaired) electrons. The summed E-state index contributed by atoms with van der Waals surface area (Å²) in [7, 11) is 3.25. The molecule has 12 heteroatoms. The quantitative estimate of drug-likeness (QED) is 0.512. The molecular weight excluding hydrogens is 488 g/mol. The molecular formula is C24H23F2N7O2S. The molecule has 0 bridgehead atoms. The van der Waals surface area contributed by atoms with Gasteiger partial charge in [-0.2, -0.15) is 5.10 Å². The minimum Gasteiger partial charge on any atom is -0.495 e. The maximum Gasteiger partial charge on any atom is 0.261 e. The molecule has 2 aromatic rings. The van der Waals surface area contributed by atoms with Crippen LogP contribution >= 0.6 is 11.8 Å². The molecule has 2 unspecified atom stereocenters. The van der Waals surface area contributed by atoms with Crippen molar-refractivity contribution in [3.05, 3.63) is 53.8 Å². The largest absolute Gasteiger partial charge is 0.495 e. The smallest absolute Gasteiger partial charge is 0.261 e. The molecule has 1 fully saturated rings. The number of hydrogen-bond donors (Lipinski definition) is 3. The van der Waals surface area contributed by atoms with Gasteiger partial charge in [-0.1, -0.05) is 5.92 Å². The SMILES string of the molecule is COC1=CNC(C(F)F)C=C1c1cc(-c2nccn2C)ncc1C(=O)NC1NN=C(C#CC2CC2)S1. The predicted octanol–water partition coefficient (Wildman–Crippen LogP) is 2.67. The number of dihydropyridines is 1. The Kier molecular flexibility index (Phi) is 6.65. The maximum atomic E-state index is 13.6. The molecule has 1 aliphatic carbocycles. The van der Waals surface area contributed by atoms with Crippen LogP contribution in [0.4, 0.5) is 8.78 Å². The molecule has 2 atom stereocenters. The number of pyridine rings is 1. The molecule has 1 saturated carbocycles. The van der Waals surface area contributed by atoms with E-state index in [9.17, 15) is 13.6 Å². The molecule has 4 heterocycles. The van der Waals surface area contributed by atoms with Crippen LogP contribution in [0.3, 0.4) is 0 Å². The van der Waals surface area contributed by atoms with Gasteiger partial charge in [0.25, 0.3) is 12.3 Å². The third-order valence-electron chi connectivity index (χ3n) is 5.73. The molecule has 2 aromatic heterocycles. The summed E-state index contributed by atoms with van der Waals surface area (Å²) in [6, 6.07) is 0.412. The highest BCUT2D eigenvalue weighted by molar-refractivity contribution is 8.15. The number of carbonyl (C=O) groups is 1. The Balaban J connectivity index is 1.47. The van der Waals surface area contributed by atoms with Crippen molar-refractivity contribution < 1.29 is 18.3 Å². The molecule has 0 aromatic carbocycles. The third-order valence-corrected chi connectivity index (χ3v) is 6.61. The summed E-state index contributed by atoms with van der Waals surface area (Å²) in [5.41, 5.74) is 3.73. The van der Waals surface area contributed by atoms with E-state index in [-0.39, 0.29) is 5.56 Å². The Morgan fingerprint density at radius 1 is 1.36 bits per heavy atom. The summed E-state index contributed by atoms with van der Waals surface area (Å²) in [4.78, 5) is 22.1. The molecule has 9 nitrogen and oxygen atoms in total. The number of alkyl halides is 2. The van der Waals surface area contributed by atoms with E-state index in [1.807, 2.05) is 7.05 Å². The van der Waals surface area contributed by atoms with Gasteiger partial charge in [0.2, 0.25) is 0 Å². The zero-order valence-electron chi connectivity index (χ0n) is 19.5. The lowest BCUT2D eigenvalue weighted by molar-refractivity contribution is 0.0945. The summed E-state index contributed by atoms with van der Waals surface area (Å²) >= 11 is 1.30. The Morgan fingerprint density at radius 3 is 2.89 bits per heavy atom. The molecule has 0 saturated heterocycles. The highest BCUT2D eigenvalue weighted by Crippen LogP contribution is 2.32. The van der Waals surface area contributed by atoms with Crippen LogP contribution in [-0.4, -0.2) is 50.6 Å². The van der Waals surface area contributed by atoms with Gasteiger partial charge in [0.1, 0.15) is 17.5 Å². The fraction of sp³-hybridized carbons (Fsp3) is 0.333. The predicted molar refractivity (Wildman–Crippen MR) is 132 cm³/mol. The van der Waals surface area contributed by atoms with Crippen molar-refractivity contribution in [2.24, 2.45) is 18.1 Å². The number of hydrazone groups is 1. The molecule has 1 amide bonds. The van der Waals surface area contributed by atoms with E-state index in [4.69, 9.17) is 4.74 Å². The number of halogens is 2. The van der Waals surface area contributed by atoms with E-state index in [0.717, 1.165) is 12.8 Å². The van der Waals surface area contributed by atoms with E-state index < -0.39 is 23.9 Å². The zero-order chi connectivity index (χ0) is 25.2. The van der Waals surface area contributed by atoms with Crippen LogP contribution in [0.1, 0.15) is 28.8 Å². The molecule has 5 rings (SSSR count). The number of rotatable bonds is 6. The van der Waals surface area contributed by atoms with E-state index in [1.165, 1.54) is 37.3 Å². The van der Waals surface area contributed by atoms with Crippen LogP contribution in [-0.2, 0) is 11.8 Å². The number of aromatic nitrogens is 3. The van der Waals surface area contributed by atoms with Crippen molar-refractivity contribution in [1.29, 1.82) is 0 Å². The van der Waals surface area contributed by atoms with E-state index >= 15 is 0 Å². The van der Waals surface area contributed by atoms with Gasteiger partial charge in [0.15, 0.2) is 16.4 Å². The Bertz CT molecular complexity index is 1340. The second-order valence-corrected chi connectivity index (χ2v) is 9.45. The number of aryl methyl sites for hydroxylation is 1. The van der Waals surface area contributed by atoms with Crippen LogP contribution < -0.4 is 16.1 Å². The Hall–Kier alpha value is -3.85. The van der Waals surface area contributed by atoms with Crippen molar-refractivity contribution in [3.63, 3.8) is 0 Å². The van der Waals surface area contributed by atoms with Gasteiger partial charge in [-0.05, 0) is 42.7 Å². The molecule has 186 valence electrons. The van der Waals surface area contributed by atoms with E-state index in [1.54, 1.807) is 23.0 Å². The van der Waals surface area contributed by atoms with Crippen molar-refractivity contribution in [1.82, 2.24) is 30.6 Å². The number of nitrogens with one attached hydrogen (secondary N) is 3. The standard InChI is InChI=1S/C24H23F2N7O2S/c1-33-8-7-27-22(33)18-9-14(15-10-17(21(25)26)29-12-19(15)35-2)16(11-28-18)23(34)30-24-32-31-20(36-24)6-5-13-3-4-13/h7-13,17,21,24,29,32H,3-4H2,1-2H3,(H,30,34). The van der Waals surface area contributed by atoms with Crippen LogP contribution in [0.15, 0.2) is 47.8 Å². The zero-order valence-corrected chi connectivity index (χ0v) is 20.3. The first-order valence-electron chi connectivity index (χ1n) is 11.2. The minimum absolute atomic E-state index is 0.192. The number of imidazole rings is 1. The lowest BCUT2D eigenvalue weighted by Gasteiger charge is -2.24. The lowest BCUT2D eigenvalue weighted by atomic mass is 9.95. The number of hydrogen-bond acceptors (Lipinski definition) is 8. The number of thioether (sulfide) groups is 1. The molecule has 3 N–H and O–H groups in total. The second kappa shape index (κ2) is 10.0. The highest BCUT2D eigenvalue weighted by Gasteiger charge is 2.29. The average Bonchev–Trinajstić information content (AvgIpc) is 3.45. The summed E-state index contributed by atoms with van der Waals surface area (Å²) in [6.07, 6.45) is 7.10. The number of amides is 1. The number of allylic oxidation sites excluding steroid dienone is 1. The van der Waals surface area contributed by atoms with Crippen LogP contribution in [0, 0.1) is 17.8 Å². The first-order valence-corrected chi connectivity index (χ1v) is 12.1. The fourth-order valence-electron chi connectivity index (χ4n) is 3.68. The van der Waals surface area contributed by atoms with Crippen molar-refractivity contribution in [2.45, 2.75) is 30.8 Å². The molecule has 2 aliphatic heterocycles. The Labute approximate surface area is 210 Å². The first-order chi connectivity index (χ1) is 17.4. The van der Waals surface area contributed by atoms with Crippen molar-refractivity contribution in [3.8, 4) is 23.4 Å². The van der Waals surface area contributed by atoms with Crippen LogP contribution in [0.25, 0.3) is 17.1 Å². The number of ether oxygens (including phenoxy) is 1. The highest BCUT2D eigenvalue weighted by atomic mass is 32.2. The summed E-state index contributed by atoms with van der Waals surface area (Å²) in [5.74, 6) is 7.02. The van der Waals surface area contributed by atoms with Crippen LogP contribution in [0.5, 0.6) is 0 Å². The van der Waals surface area contributed by atoms with E-state index in [2.05, 4.69) is 43.0 Å². The van der Waals surface area contributed by atoms with Crippen molar-refractivity contribution in [2.75, 3.05) is 7.11 Å². The number of carbonyl (C=O) groups excluding carboxylic acids is 1. The number of nitrogens with zero attached hydrogens (tertiary/aromatic N) is 4. The van der Waals surface area contributed by atoms with Gasteiger partial charge in [-0.15, -0.1) is 0 Å². The third kappa shape index (κ3) is 5.06. The summed E-state index contributed by atoms with van der Waals surface area (Å²) < 4.78 is 34.3. The Morgan fingerprint density at radius 2 is 2.19 bits per heavy atom. The topological polar surface area (TPSA) is 105 Å². The maximum absolute atomic E-state index is 13.6. The lowest BCUT2D eigenvalue weighted by Crippen LogP contribution is -2.39. The molecule has 0 spiro atoms. The second-order valence-electron chi connectivity index (χ2n) is 8.36. The monoisotopic (exact) mass is 511 g/mol. The summed E-state index contributed by atoms with van der Waals surface area (Å²) in [6.45, 7) is 0. The molecule has 36 heavy (non-hydrogen) atoms. The first kappa shape index (κ1) is 23.9. The fourth-order valence-corrected chi connectivity index (χ4v) is 4.40. The van der Waals surface area contributed by atoms with E-state index in [0.29, 0.717) is 39.4 Å². The summed E-state index contributed by atoms with van der Waals surface area (Å²) in [5, 5.41) is 10.2. The van der Waals surface area contributed by atoms with Gasteiger partial charge in [-0.25, -0.2) is 13.8 Å².